The van der Waals surface area contributed by atoms with Gasteiger partial charge >= 0.3 is 0 Å². The normalized spacial score (nSPS) is 23.8. The Bertz CT molecular complexity index is 490. The summed E-state index contributed by atoms with van der Waals surface area (Å²) >= 11 is 0. The van der Waals surface area contributed by atoms with Crippen molar-refractivity contribution in [1.82, 2.24) is 4.90 Å². The maximum atomic E-state index is 6.06. The highest BCUT2D eigenvalue weighted by atomic mass is 28.3. The summed E-state index contributed by atoms with van der Waals surface area (Å²) in [6, 6.07) is 8.00. The standard InChI is InChI=1S/C19H33NO3Si/c1-15-11-20(12-16(2)22-15)13-17(3)23-19-9-7-18(8-10-19)21-14-24(4,5)6/h7-10,15-17H,11-14H2,1-6H3. The van der Waals surface area contributed by atoms with Crippen LogP contribution in [-0.2, 0) is 4.74 Å². The molecule has 1 saturated heterocycles. The van der Waals surface area contributed by atoms with Crippen molar-refractivity contribution in [3.8, 4) is 11.5 Å². The quantitative estimate of drug-likeness (QED) is 0.699. The number of morpholine rings is 1. The summed E-state index contributed by atoms with van der Waals surface area (Å²) in [5.74, 6) is 1.82. The number of ether oxygens (including phenoxy) is 3. The van der Waals surface area contributed by atoms with Gasteiger partial charge in [0.25, 0.3) is 0 Å². The zero-order valence-corrected chi connectivity index (χ0v) is 17.0. The van der Waals surface area contributed by atoms with E-state index in [1.807, 2.05) is 24.3 Å². The van der Waals surface area contributed by atoms with Crippen LogP contribution in [0.25, 0.3) is 0 Å². The highest BCUT2D eigenvalue weighted by molar-refractivity contribution is 6.76. The maximum absolute atomic E-state index is 6.06. The summed E-state index contributed by atoms with van der Waals surface area (Å²) in [4.78, 5) is 2.43. The van der Waals surface area contributed by atoms with E-state index in [0.29, 0.717) is 12.2 Å². The lowest BCUT2D eigenvalue weighted by atomic mass is 10.2. The molecule has 1 aromatic rings. The minimum atomic E-state index is -1.19. The average Bonchev–Trinajstić information content (AvgIpc) is 2.44. The van der Waals surface area contributed by atoms with E-state index in [4.69, 9.17) is 14.2 Å². The number of benzene rings is 1. The molecule has 4 nitrogen and oxygen atoms in total. The molecule has 0 aromatic heterocycles. The van der Waals surface area contributed by atoms with Crippen molar-refractivity contribution in [1.29, 1.82) is 0 Å². The molecule has 136 valence electrons. The van der Waals surface area contributed by atoms with E-state index < -0.39 is 8.07 Å². The predicted octanol–water partition coefficient (Wildman–Crippen LogP) is 3.82. The fraction of sp³-hybridized carbons (Fsp3) is 0.684. The van der Waals surface area contributed by atoms with Crippen LogP contribution in [0.2, 0.25) is 19.6 Å². The molecule has 0 spiro atoms. The predicted molar refractivity (Wildman–Crippen MR) is 102 cm³/mol. The average molecular weight is 352 g/mol. The van der Waals surface area contributed by atoms with Gasteiger partial charge < -0.3 is 14.2 Å². The Morgan fingerprint density at radius 3 is 2.17 bits per heavy atom. The van der Waals surface area contributed by atoms with Gasteiger partial charge in [0.15, 0.2) is 0 Å². The Balaban J connectivity index is 1.80. The van der Waals surface area contributed by atoms with Gasteiger partial charge in [-0.2, -0.15) is 0 Å². The summed E-state index contributed by atoms with van der Waals surface area (Å²) in [6.45, 7) is 16.2. The summed E-state index contributed by atoms with van der Waals surface area (Å²) in [7, 11) is -1.19. The zero-order chi connectivity index (χ0) is 17.7. The molecule has 0 saturated carbocycles. The molecule has 0 amide bonds. The third-order valence-corrected chi connectivity index (χ3v) is 4.85. The van der Waals surface area contributed by atoms with Gasteiger partial charge in [-0.25, -0.2) is 0 Å². The van der Waals surface area contributed by atoms with Crippen molar-refractivity contribution in [3.05, 3.63) is 24.3 Å². The van der Waals surface area contributed by atoms with Crippen molar-refractivity contribution in [2.45, 2.75) is 58.7 Å². The van der Waals surface area contributed by atoms with Gasteiger partial charge in [-0.05, 0) is 45.0 Å². The summed E-state index contributed by atoms with van der Waals surface area (Å²) in [5.41, 5.74) is 0. The first-order chi connectivity index (χ1) is 11.2. The molecule has 2 rings (SSSR count). The number of hydrogen-bond donors (Lipinski definition) is 0. The van der Waals surface area contributed by atoms with Gasteiger partial charge in [-0.3, -0.25) is 4.90 Å². The lowest BCUT2D eigenvalue weighted by Crippen LogP contribution is -2.48. The van der Waals surface area contributed by atoms with Crippen molar-refractivity contribution in [3.63, 3.8) is 0 Å². The molecule has 1 heterocycles. The van der Waals surface area contributed by atoms with Crippen LogP contribution in [0.15, 0.2) is 24.3 Å². The molecule has 24 heavy (non-hydrogen) atoms. The first-order valence-corrected chi connectivity index (χ1v) is 12.7. The topological polar surface area (TPSA) is 30.9 Å². The van der Waals surface area contributed by atoms with Crippen molar-refractivity contribution in [2.24, 2.45) is 0 Å². The molecule has 3 atom stereocenters. The second-order valence-corrected chi connectivity index (χ2v) is 13.6. The first kappa shape index (κ1) is 19.3. The third-order valence-electron chi connectivity index (χ3n) is 3.84. The van der Waals surface area contributed by atoms with E-state index in [9.17, 15) is 0 Å². The van der Waals surface area contributed by atoms with Crippen LogP contribution >= 0.6 is 0 Å². The van der Waals surface area contributed by atoms with Crippen LogP contribution in [0, 0.1) is 0 Å². The SMILES string of the molecule is CC(CN1CC(C)OC(C)C1)Oc1ccc(OC[Si](C)(C)C)cc1. The zero-order valence-electron chi connectivity index (χ0n) is 16.0. The Labute approximate surface area is 148 Å². The number of nitrogens with zero attached hydrogens (tertiary/aromatic N) is 1. The van der Waals surface area contributed by atoms with Gasteiger partial charge in [-0.1, -0.05) is 19.6 Å². The van der Waals surface area contributed by atoms with Gasteiger partial charge in [-0.15, -0.1) is 0 Å². The second kappa shape index (κ2) is 8.36. The summed E-state index contributed by atoms with van der Waals surface area (Å²) in [6.07, 6.45) is 1.58. The lowest BCUT2D eigenvalue weighted by Gasteiger charge is -2.36. The molecule has 1 fully saturated rings. The molecular weight excluding hydrogens is 318 g/mol. The summed E-state index contributed by atoms with van der Waals surface area (Å²) in [5, 5.41) is 0. The molecular formula is C19H33NO3Si. The highest BCUT2D eigenvalue weighted by Crippen LogP contribution is 2.20. The minimum Gasteiger partial charge on any atom is -0.497 e. The number of rotatable bonds is 7. The minimum absolute atomic E-state index is 0.149. The Morgan fingerprint density at radius 2 is 1.62 bits per heavy atom. The van der Waals surface area contributed by atoms with Gasteiger partial charge in [0.1, 0.15) is 17.6 Å². The second-order valence-electron chi connectivity index (χ2n) is 8.23. The van der Waals surface area contributed by atoms with Gasteiger partial charge in [0, 0.05) is 19.6 Å². The van der Waals surface area contributed by atoms with Crippen LogP contribution in [0.3, 0.4) is 0 Å². The van der Waals surface area contributed by atoms with Crippen LogP contribution in [-0.4, -0.2) is 57.2 Å². The molecule has 1 aliphatic heterocycles. The molecule has 0 aliphatic carbocycles. The van der Waals surface area contributed by atoms with Crippen LogP contribution < -0.4 is 9.47 Å². The maximum Gasteiger partial charge on any atom is 0.120 e. The van der Waals surface area contributed by atoms with Crippen LogP contribution in [0.4, 0.5) is 0 Å². The van der Waals surface area contributed by atoms with Gasteiger partial charge in [0.05, 0.1) is 26.5 Å². The Morgan fingerprint density at radius 1 is 1.08 bits per heavy atom. The van der Waals surface area contributed by atoms with E-state index in [2.05, 4.69) is 45.3 Å². The summed E-state index contributed by atoms with van der Waals surface area (Å²) < 4.78 is 17.7. The van der Waals surface area contributed by atoms with E-state index in [1.54, 1.807) is 0 Å². The molecule has 0 N–H and O–H groups in total. The fourth-order valence-corrected chi connectivity index (χ4v) is 3.58. The van der Waals surface area contributed by atoms with Crippen molar-refractivity contribution in [2.75, 3.05) is 25.9 Å². The van der Waals surface area contributed by atoms with Crippen LogP contribution in [0.5, 0.6) is 11.5 Å². The van der Waals surface area contributed by atoms with Crippen LogP contribution in [0.1, 0.15) is 20.8 Å². The van der Waals surface area contributed by atoms with E-state index in [0.717, 1.165) is 37.4 Å². The monoisotopic (exact) mass is 351 g/mol. The third kappa shape index (κ3) is 6.83. The first-order valence-electron chi connectivity index (χ1n) is 8.98. The molecule has 3 unspecified atom stereocenters. The van der Waals surface area contributed by atoms with Gasteiger partial charge in [0.2, 0.25) is 0 Å². The Hall–Kier alpha value is -1.04. The largest absolute Gasteiger partial charge is 0.497 e. The van der Waals surface area contributed by atoms with Crippen molar-refractivity contribution < 1.29 is 14.2 Å². The van der Waals surface area contributed by atoms with E-state index in [1.165, 1.54) is 0 Å². The lowest BCUT2D eigenvalue weighted by molar-refractivity contribution is -0.0740. The van der Waals surface area contributed by atoms with E-state index in [-0.39, 0.29) is 6.10 Å². The van der Waals surface area contributed by atoms with E-state index >= 15 is 0 Å². The molecule has 1 aromatic carbocycles. The number of hydrogen-bond acceptors (Lipinski definition) is 4. The highest BCUT2D eigenvalue weighted by Gasteiger charge is 2.23. The van der Waals surface area contributed by atoms with Crippen molar-refractivity contribution >= 4 is 8.07 Å². The molecule has 5 heteroatoms. The smallest absolute Gasteiger partial charge is 0.120 e. The Kier molecular flexibility index (Phi) is 6.72. The fourth-order valence-electron chi connectivity index (χ4n) is 2.98. The molecule has 1 aliphatic rings. The molecule has 0 bridgehead atoms. The molecule has 0 radical (unpaired) electrons.